The number of thioether (sulfide) groups is 1. The number of rotatable bonds is 7. The maximum Gasteiger partial charge on any atom is 0.220 e. The Kier molecular flexibility index (Phi) is 6.51. The van der Waals surface area contributed by atoms with Gasteiger partial charge in [-0.1, -0.05) is 23.9 Å². The van der Waals surface area contributed by atoms with E-state index in [2.05, 4.69) is 14.7 Å². The third-order valence-corrected chi connectivity index (χ3v) is 5.84. The molecule has 0 amide bonds. The third-order valence-electron chi connectivity index (χ3n) is 3.72. The van der Waals surface area contributed by atoms with Crippen LogP contribution in [0.15, 0.2) is 29.4 Å². The lowest BCUT2D eigenvalue weighted by Gasteiger charge is -2.28. The van der Waals surface area contributed by atoms with Crippen molar-refractivity contribution in [2.75, 3.05) is 17.8 Å². The van der Waals surface area contributed by atoms with Crippen molar-refractivity contribution < 1.29 is 17.7 Å². The van der Waals surface area contributed by atoms with E-state index < -0.39 is 28.4 Å². The summed E-state index contributed by atoms with van der Waals surface area (Å²) in [6.45, 7) is 7.17. The van der Waals surface area contributed by atoms with Crippen LogP contribution in [0.3, 0.4) is 0 Å². The van der Waals surface area contributed by atoms with Crippen molar-refractivity contribution in [1.29, 1.82) is 0 Å². The highest BCUT2D eigenvalue weighted by Crippen LogP contribution is 2.27. The number of aromatic nitrogens is 2. The first kappa shape index (κ1) is 20.9. The molecular formula is C18H22F2N4O2S2. The van der Waals surface area contributed by atoms with Crippen LogP contribution in [0.2, 0.25) is 0 Å². The molecule has 10 heteroatoms. The van der Waals surface area contributed by atoms with E-state index in [1.54, 1.807) is 10.4 Å². The molecule has 0 radical (unpaired) electrons. The van der Waals surface area contributed by atoms with Gasteiger partial charge in [-0.3, -0.25) is 4.72 Å². The van der Waals surface area contributed by atoms with Gasteiger partial charge in [-0.05, 0) is 33.3 Å². The van der Waals surface area contributed by atoms with Crippen molar-refractivity contribution in [3.05, 3.63) is 41.5 Å². The van der Waals surface area contributed by atoms with Crippen molar-refractivity contribution in [1.82, 2.24) is 14.3 Å². The number of hydrogen-bond donors (Lipinski definition) is 1. The van der Waals surface area contributed by atoms with Gasteiger partial charge in [0.05, 0.1) is 0 Å². The van der Waals surface area contributed by atoms with Crippen LogP contribution in [0.25, 0.3) is 0 Å². The smallest absolute Gasteiger partial charge is 0.220 e. The lowest BCUT2D eigenvalue weighted by atomic mass is 10.2. The maximum absolute atomic E-state index is 13.9. The van der Waals surface area contributed by atoms with Crippen LogP contribution in [0.4, 0.5) is 14.6 Å². The highest BCUT2D eigenvalue weighted by atomic mass is 32.2. The zero-order chi connectivity index (χ0) is 20.3. The van der Waals surface area contributed by atoms with E-state index in [1.165, 1.54) is 12.1 Å². The molecule has 3 rings (SSSR count). The summed E-state index contributed by atoms with van der Waals surface area (Å²) in [5, 5.41) is 0.313. The Labute approximate surface area is 169 Å². The van der Waals surface area contributed by atoms with Gasteiger partial charge < -0.3 is 4.74 Å². The second-order valence-electron chi connectivity index (χ2n) is 7.22. The molecule has 1 fully saturated rings. The van der Waals surface area contributed by atoms with Crippen LogP contribution in [0.1, 0.15) is 32.8 Å². The zero-order valence-corrected chi connectivity index (χ0v) is 17.5. The first-order valence-electron chi connectivity index (χ1n) is 8.78. The molecule has 28 heavy (non-hydrogen) atoms. The van der Waals surface area contributed by atoms with Crippen molar-refractivity contribution in [2.24, 2.45) is 0 Å². The van der Waals surface area contributed by atoms with Gasteiger partial charge in [-0.2, -0.15) is 4.98 Å². The Hall–Kier alpha value is -1.78. The number of benzene rings is 1. The normalized spacial score (nSPS) is 15.8. The number of ether oxygens (including phenoxy) is 1. The Balaban J connectivity index is 1.79. The maximum atomic E-state index is 13.9. The number of anilines is 1. The highest BCUT2D eigenvalue weighted by molar-refractivity contribution is 7.98. The average molecular weight is 429 g/mol. The van der Waals surface area contributed by atoms with E-state index in [0.29, 0.717) is 16.9 Å². The van der Waals surface area contributed by atoms with Crippen LogP contribution in [0.5, 0.6) is 5.88 Å². The van der Waals surface area contributed by atoms with Gasteiger partial charge in [0.15, 0.2) is 28.0 Å². The Morgan fingerprint density at radius 2 is 2.04 bits per heavy atom. The first-order chi connectivity index (χ1) is 13.2. The second-order valence-corrected chi connectivity index (χ2v) is 9.39. The Morgan fingerprint density at radius 3 is 2.68 bits per heavy atom. The third kappa shape index (κ3) is 5.62. The zero-order valence-electron chi connectivity index (χ0n) is 15.9. The van der Waals surface area contributed by atoms with E-state index in [-0.39, 0.29) is 11.3 Å². The molecule has 152 valence electrons. The largest absolute Gasteiger partial charge is 0.472 e. The summed E-state index contributed by atoms with van der Waals surface area (Å²) < 4.78 is 50.0. The molecule has 1 unspecified atom stereocenters. The predicted molar refractivity (Wildman–Crippen MR) is 106 cm³/mol. The minimum atomic E-state index is -1.40. The van der Waals surface area contributed by atoms with E-state index in [9.17, 15) is 13.0 Å². The highest BCUT2D eigenvalue weighted by Gasteiger charge is 2.22. The van der Waals surface area contributed by atoms with Gasteiger partial charge in [0.2, 0.25) is 5.88 Å². The molecule has 6 nitrogen and oxygen atoms in total. The summed E-state index contributed by atoms with van der Waals surface area (Å²) in [6, 6.07) is 5.62. The summed E-state index contributed by atoms with van der Waals surface area (Å²) >= 11 is -0.252. The van der Waals surface area contributed by atoms with Crippen LogP contribution in [-0.2, 0) is 16.9 Å². The monoisotopic (exact) mass is 428 g/mol. The summed E-state index contributed by atoms with van der Waals surface area (Å²) in [7, 11) is 0. The Morgan fingerprint density at radius 1 is 1.29 bits per heavy atom. The predicted octanol–water partition coefficient (Wildman–Crippen LogP) is 3.92. The van der Waals surface area contributed by atoms with Crippen LogP contribution in [0, 0.1) is 11.6 Å². The Bertz CT molecular complexity index is 873. The summed E-state index contributed by atoms with van der Waals surface area (Å²) in [5.74, 6) is -0.961. The van der Waals surface area contributed by atoms with Crippen molar-refractivity contribution in [3.8, 4) is 5.88 Å². The number of hydrogen-bond acceptors (Lipinski definition) is 5. The molecule has 1 N–H and O–H groups in total. The lowest BCUT2D eigenvalue weighted by Crippen LogP contribution is -2.41. The molecule has 0 bridgehead atoms. The fourth-order valence-electron chi connectivity index (χ4n) is 2.30. The molecule has 2 aromatic rings. The molecule has 0 spiro atoms. The molecule has 1 aliphatic rings. The number of halogens is 2. The molecule has 1 atom stereocenters. The van der Waals surface area contributed by atoms with Gasteiger partial charge in [0.25, 0.3) is 0 Å². The number of nitrogens with one attached hydrogen (secondary N) is 1. The number of nitrogens with zero attached hydrogens (tertiary/aromatic N) is 3. The van der Waals surface area contributed by atoms with Crippen molar-refractivity contribution >= 4 is 28.8 Å². The van der Waals surface area contributed by atoms with Crippen molar-refractivity contribution in [3.63, 3.8) is 0 Å². The van der Waals surface area contributed by atoms with Gasteiger partial charge in [0.1, 0.15) is 11.4 Å². The molecule has 0 aliphatic carbocycles. The molecule has 1 saturated heterocycles. The standard InChI is InChI=1S/C18H22F2N4O2S2/c1-18(2,3)26-15-10-14(23-28(25)24-8-5-9-24)21-17(22-15)27-11-12-6-4-7-13(19)16(12)20/h4,6-7,10H,5,8-9,11H2,1-3H3,(H,21,22,23). The van der Waals surface area contributed by atoms with E-state index in [1.807, 2.05) is 20.8 Å². The van der Waals surface area contributed by atoms with E-state index >= 15 is 0 Å². The molecule has 2 heterocycles. The topological polar surface area (TPSA) is 67.3 Å². The van der Waals surface area contributed by atoms with Crippen molar-refractivity contribution in [2.45, 2.75) is 43.7 Å². The minimum absolute atomic E-state index is 0.150. The molecule has 1 aromatic carbocycles. The van der Waals surface area contributed by atoms with Gasteiger partial charge in [0, 0.05) is 30.5 Å². The van der Waals surface area contributed by atoms with Crippen LogP contribution < -0.4 is 9.46 Å². The molecule has 0 saturated carbocycles. The van der Waals surface area contributed by atoms with Crippen LogP contribution >= 0.6 is 11.8 Å². The first-order valence-corrected chi connectivity index (χ1v) is 10.9. The van der Waals surface area contributed by atoms with E-state index in [0.717, 1.165) is 37.3 Å². The van der Waals surface area contributed by atoms with Crippen LogP contribution in [-0.4, -0.2) is 37.2 Å². The summed E-state index contributed by atoms with van der Waals surface area (Å²) in [6.07, 6.45) is 1.01. The average Bonchev–Trinajstić information content (AvgIpc) is 2.52. The fourth-order valence-corrected chi connectivity index (χ4v) is 4.12. The minimum Gasteiger partial charge on any atom is -0.472 e. The summed E-state index contributed by atoms with van der Waals surface area (Å²) in [4.78, 5) is 8.67. The molecule has 1 aromatic heterocycles. The lowest BCUT2D eigenvalue weighted by molar-refractivity contribution is 0.123. The van der Waals surface area contributed by atoms with E-state index in [4.69, 9.17) is 4.74 Å². The van der Waals surface area contributed by atoms with Gasteiger partial charge >= 0.3 is 0 Å². The second kappa shape index (κ2) is 8.71. The molecule has 1 aliphatic heterocycles. The van der Waals surface area contributed by atoms with Gasteiger partial charge in [-0.15, -0.1) is 0 Å². The molecular weight excluding hydrogens is 406 g/mol. The summed E-state index contributed by atoms with van der Waals surface area (Å²) in [5.41, 5.74) is -0.270. The quantitative estimate of drug-likeness (QED) is 0.535. The van der Waals surface area contributed by atoms with Gasteiger partial charge in [-0.25, -0.2) is 22.3 Å². The fraction of sp³-hybridized carbons (Fsp3) is 0.444. The SMILES string of the molecule is CC(C)(C)Oc1cc(NS(=O)N2CCC2)nc(SCc2cccc(F)c2F)n1.